The quantitative estimate of drug-likeness (QED) is 0.729. The fourth-order valence-electron chi connectivity index (χ4n) is 4.05. The molecule has 7 heteroatoms. The monoisotopic (exact) mass is 414 g/mol. The summed E-state index contributed by atoms with van der Waals surface area (Å²) < 4.78 is 33.4. The van der Waals surface area contributed by atoms with E-state index in [9.17, 15) is 13.2 Å². The molecule has 2 heterocycles. The van der Waals surface area contributed by atoms with Gasteiger partial charge in [-0.3, -0.25) is 9.10 Å². The zero-order valence-corrected chi connectivity index (χ0v) is 17.4. The Labute approximate surface area is 172 Å². The molecule has 0 spiro atoms. The zero-order valence-electron chi connectivity index (χ0n) is 16.6. The first-order chi connectivity index (χ1) is 14.0. The Morgan fingerprint density at radius 2 is 2.03 bits per heavy atom. The molecule has 2 aromatic carbocycles. The van der Waals surface area contributed by atoms with Gasteiger partial charge in [-0.1, -0.05) is 24.3 Å². The lowest BCUT2D eigenvalue weighted by Crippen LogP contribution is -2.35. The van der Waals surface area contributed by atoms with Crippen molar-refractivity contribution in [3.8, 4) is 0 Å². The van der Waals surface area contributed by atoms with Crippen LogP contribution < -0.4 is 4.31 Å². The maximum Gasteiger partial charge on any atom is 0.264 e. The molecule has 154 valence electrons. The number of anilines is 1. The second-order valence-corrected chi connectivity index (χ2v) is 9.42. The molecule has 0 saturated carbocycles. The molecule has 1 fully saturated rings. The summed E-state index contributed by atoms with van der Waals surface area (Å²) in [4.78, 5) is 15.0. The number of rotatable bonds is 6. The van der Waals surface area contributed by atoms with Crippen molar-refractivity contribution in [1.82, 2.24) is 4.90 Å². The van der Waals surface area contributed by atoms with Crippen LogP contribution in [0.15, 0.2) is 53.4 Å². The van der Waals surface area contributed by atoms with Crippen LogP contribution in [0.4, 0.5) is 5.69 Å². The predicted octanol–water partition coefficient (Wildman–Crippen LogP) is 2.94. The Morgan fingerprint density at radius 3 is 2.79 bits per heavy atom. The Bertz CT molecular complexity index is 999. The molecular weight excluding hydrogens is 388 g/mol. The lowest BCUT2D eigenvalue weighted by Gasteiger charge is -2.24. The van der Waals surface area contributed by atoms with E-state index in [2.05, 4.69) is 0 Å². The van der Waals surface area contributed by atoms with Crippen LogP contribution in [0.25, 0.3) is 0 Å². The lowest BCUT2D eigenvalue weighted by atomic mass is 10.1. The smallest absolute Gasteiger partial charge is 0.264 e. The molecule has 6 nitrogen and oxygen atoms in total. The number of amides is 1. The minimum absolute atomic E-state index is 0.140. The number of hydrogen-bond acceptors (Lipinski definition) is 4. The van der Waals surface area contributed by atoms with Gasteiger partial charge in [-0.2, -0.15) is 0 Å². The van der Waals surface area contributed by atoms with Gasteiger partial charge in [0, 0.05) is 37.7 Å². The van der Waals surface area contributed by atoms with Crippen LogP contribution >= 0.6 is 0 Å². The molecule has 2 aromatic rings. The van der Waals surface area contributed by atoms with E-state index in [1.165, 1.54) is 10.4 Å². The van der Waals surface area contributed by atoms with Gasteiger partial charge in [0.05, 0.1) is 17.2 Å². The van der Waals surface area contributed by atoms with E-state index in [1.54, 1.807) is 23.1 Å². The highest BCUT2D eigenvalue weighted by Crippen LogP contribution is 2.32. The van der Waals surface area contributed by atoms with Gasteiger partial charge in [-0.25, -0.2) is 8.42 Å². The third-order valence-electron chi connectivity index (χ3n) is 5.69. The summed E-state index contributed by atoms with van der Waals surface area (Å²) in [6, 6.07) is 14.0. The van der Waals surface area contributed by atoms with E-state index in [0.29, 0.717) is 44.1 Å². The van der Waals surface area contributed by atoms with Crippen LogP contribution in [-0.2, 0) is 21.2 Å². The van der Waals surface area contributed by atoms with E-state index >= 15 is 0 Å². The molecule has 0 aromatic heterocycles. The number of ether oxygens (including phenoxy) is 1. The van der Waals surface area contributed by atoms with E-state index in [-0.39, 0.29) is 10.8 Å². The fraction of sp³-hybridized carbons (Fsp3) is 0.409. The van der Waals surface area contributed by atoms with Gasteiger partial charge in [0.25, 0.3) is 15.9 Å². The highest BCUT2D eigenvalue weighted by atomic mass is 32.2. The molecule has 2 aliphatic rings. The molecule has 0 aliphatic carbocycles. The Morgan fingerprint density at radius 1 is 1.21 bits per heavy atom. The van der Waals surface area contributed by atoms with Gasteiger partial charge >= 0.3 is 0 Å². The maximum absolute atomic E-state index is 13.3. The third kappa shape index (κ3) is 3.89. The van der Waals surface area contributed by atoms with E-state index < -0.39 is 10.0 Å². The number of fused-ring (bicyclic) bond motifs is 1. The average Bonchev–Trinajstić information content (AvgIpc) is 3.41. The first kappa shape index (κ1) is 19.9. The maximum atomic E-state index is 13.3. The zero-order chi connectivity index (χ0) is 20.4. The summed E-state index contributed by atoms with van der Waals surface area (Å²) in [7, 11) is -3.72. The molecular formula is C22H26N2O4S. The average molecular weight is 415 g/mol. The molecule has 4 rings (SSSR count). The summed E-state index contributed by atoms with van der Waals surface area (Å²) in [5, 5.41) is 0. The van der Waals surface area contributed by atoms with Crippen molar-refractivity contribution in [1.29, 1.82) is 0 Å². The summed E-state index contributed by atoms with van der Waals surface area (Å²) in [6.45, 7) is 4.98. The largest absolute Gasteiger partial charge is 0.381 e. The van der Waals surface area contributed by atoms with E-state index in [1.807, 2.05) is 31.2 Å². The number of hydrogen-bond donors (Lipinski definition) is 0. The Kier molecular flexibility index (Phi) is 5.61. The second kappa shape index (κ2) is 8.16. The molecule has 0 N–H and O–H groups in total. The number of carbonyl (C=O) groups is 1. The van der Waals surface area contributed by atoms with Crippen molar-refractivity contribution in [3.05, 3.63) is 59.7 Å². The summed E-state index contributed by atoms with van der Waals surface area (Å²) in [5.41, 5.74) is 2.15. The number of carbonyl (C=O) groups excluding carboxylic acids is 1. The highest BCUT2D eigenvalue weighted by Gasteiger charge is 2.31. The minimum Gasteiger partial charge on any atom is -0.381 e. The van der Waals surface area contributed by atoms with Crippen LogP contribution in [0.5, 0.6) is 0 Å². The first-order valence-corrected chi connectivity index (χ1v) is 11.5. The number of para-hydroxylation sites is 1. The third-order valence-corrected chi connectivity index (χ3v) is 7.49. The minimum atomic E-state index is -3.72. The van der Waals surface area contributed by atoms with Crippen molar-refractivity contribution >= 4 is 21.6 Å². The molecule has 1 saturated heterocycles. The van der Waals surface area contributed by atoms with Crippen molar-refractivity contribution in [2.24, 2.45) is 5.92 Å². The van der Waals surface area contributed by atoms with E-state index in [0.717, 1.165) is 24.3 Å². The number of benzene rings is 2. The van der Waals surface area contributed by atoms with Crippen LogP contribution in [-0.4, -0.2) is 52.1 Å². The Hall–Kier alpha value is -2.38. The molecule has 1 unspecified atom stereocenters. The second-order valence-electron chi connectivity index (χ2n) is 7.56. The van der Waals surface area contributed by atoms with Crippen LogP contribution in [0.3, 0.4) is 0 Å². The molecule has 1 amide bonds. The molecule has 0 bridgehead atoms. The van der Waals surface area contributed by atoms with Crippen molar-refractivity contribution in [2.75, 3.05) is 37.2 Å². The van der Waals surface area contributed by atoms with Gasteiger partial charge < -0.3 is 9.64 Å². The van der Waals surface area contributed by atoms with Gasteiger partial charge in [-0.05, 0) is 49.6 Å². The summed E-state index contributed by atoms with van der Waals surface area (Å²) >= 11 is 0. The predicted molar refractivity (Wildman–Crippen MR) is 112 cm³/mol. The highest BCUT2D eigenvalue weighted by molar-refractivity contribution is 7.92. The molecule has 2 aliphatic heterocycles. The normalized spacial score (nSPS) is 18.7. The number of sulfonamides is 1. The van der Waals surface area contributed by atoms with Crippen molar-refractivity contribution in [3.63, 3.8) is 0 Å². The summed E-state index contributed by atoms with van der Waals surface area (Å²) in [5.74, 6) is 0.199. The molecule has 1 atom stereocenters. The standard InChI is InChI=1S/C22H26N2O4S/c1-2-23(15-17-11-13-28-16-17)22(25)19-7-5-8-20(14-19)29(26,27)24-12-10-18-6-3-4-9-21(18)24/h3-9,14,17H,2,10-13,15-16H2,1H3. The molecule has 29 heavy (non-hydrogen) atoms. The SMILES string of the molecule is CCN(CC1CCOC1)C(=O)c1cccc(S(=O)(=O)N2CCc3ccccc32)c1. The van der Waals surface area contributed by atoms with Gasteiger partial charge in [0.2, 0.25) is 0 Å². The van der Waals surface area contributed by atoms with E-state index in [4.69, 9.17) is 4.74 Å². The lowest BCUT2D eigenvalue weighted by molar-refractivity contribution is 0.0730. The van der Waals surface area contributed by atoms with Crippen LogP contribution in [0.1, 0.15) is 29.3 Å². The Balaban J connectivity index is 1.59. The van der Waals surface area contributed by atoms with Crippen LogP contribution in [0, 0.1) is 5.92 Å². The summed E-state index contributed by atoms with van der Waals surface area (Å²) in [6.07, 6.45) is 1.65. The van der Waals surface area contributed by atoms with Crippen molar-refractivity contribution < 1.29 is 17.9 Å². The van der Waals surface area contributed by atoms with Gasteiger partial charge in [0.1, 0.15) is 0 Å². The van der Waals surface area contributed by atoms with Crippen molar-refractivity contribution in [2.45, 2.75) is 24.7 Å². The number of nitrogens with zero attached hydrogens (tertiary/aromatic N) is 2. The topological polar surface area (TPSA) is 66.9 Å². The van der Waals surface area contributed by atoms with Crippen LogP contribution in [0.2, 0.25) is 0 Å². The van der Waals surface area contributed by atoms with Gasteiger partial charge in [0.15, 0.2) is 0 Å². The van der Waals surface area contributed by atoms with Gasteiger partial charge in [-0.15, -0.1) is 0 Å². The first-order valence-electron chi connectivity index (χ1n) is 10.1. The fourth-order valence-corrected chi connectivity index (χ4v) is 5.60. The molecule has 0 radical (unpaired) electrons.